The maximum atomic E-state index is 9.47. The molecule has 0 spiro atoms. The molecule has 3 heteroatoms. The van der Waals surface area contributed by atoms with Gasteiger partial charge in [0.2, 0.25) is 0 Å². The van der Waals surface area contributed by atoms with Crippen molar-refractivity contribution in [1.29, 1.82) is 0 Å². The zero-order valence-electron chi connectivity index (χ0n) is 10.5. The van der Waals surface area contributed by atoms with Gasteiger partial charge < -0.3 is 10.4 Å². The van der Waals surface area contributed by atoms with Gasteiger partial charge in [0.25, 0.3) is 0 Å². The zero-order chi connectivity index (χ0) is 12.1. The van der Waals surface area contributed by atoms with Crippen LogP contribution >= 0.6 is 0 Å². The molecule has 1 aromatic heterocycles. The van der Waals surface area contributed by atoms with Crippen LogP contribution in [0.3, 0.4) is 0 Å². The van der Waals surface area contributed by atoms with Crippen LogP contribution in [0.25, 0.3) is 0 Å². The van der Waals surface area contributed by atoms with E-state index in [0.29, 0.717) is 18.6 Å². The second kappa shape index (κ2) is 6.01. The second-order valence-electron chi connectivity index (χ2n) is 5.02. The highest BCUT2D eigenvalue weighted by atomic mass is 16.3. The number of rotatable bonds is 3. The van der Waals surface area contributed by atoms with Crippen molar-refractivity contribution in [3.63, 3.8) is 0 Å². The van der Waals surface area contributed by atoms with Crippen molar-refractivity contribution in [3.05, 3.63) is 24.0 Å². The van der Waals surface area contributed by atoms with Gasteiger partial charge in [-0.1, -0.05) is 19.3 Å². The highest BCUT2D eigenvalue weighted by Gasteiger charge is 2.22. The summed E-state index contributed by atoms with van der Waals surface area (Å²) in [4.78, 5) is 4.20. The van der Waals surface area contributed by atoms with E-state index in [-0.39, 0.29) is 0 Å². The summed E-state index contributed by atoms with van der Waals surface area (Å²) < 4.78 is 0. The summed E-state index contributed by atoms with van der Waals surface area (Å²) >= 11 is 0. The van der Waals surface area contributed by atoms with Gasteiger partial charge in [-0.3, -0.25) is 4.98 Å². The highest BCUT2D eigenvalue weighted by Crippen LogP contribution is 2.26. The minimum Gasteiger partial charge on any atom is -0.396 e. The van der Waals surface area contributed by atoms with Crippen LogP contribution in [0.2, 0.25) is 0 Å². The van der Waals surface area contributed by atoms with Crippen LogP contribution in [-0.4, -0.2) is 22.7 Å². The van der Waals surface area contributed by atoms with Crippen molar-refractivity contribution in [1.82, 2.24) is 4.98 Å². The van der Waals surface area contributed by atoms with Crippen molar-refractivity contribution in [2.75, 3.05) is 11.9 Å². The molecule has 2 N–H and O–H groups in total. The van der Waals surface area contributed by atoms with E-state index in [1.165, 1.54) is 19.3 Å². The van der Waals surface area contributed by atoms with Crippen molar-refractivity contribution < 1.29 is 5.11 Å². The van der Waals surface area contributed by atoms with E-state index < -0.39 is 0 Å². The number of hydrogen-bond acceptors (Lipinski definition) is 3. The minimum absolute atomic E-state index is 0.293. The van der Waals surface area contributed by atoms with Gasteiger partial charge >= 0.3 is 0 Å². The van der Waals surface area contributed by atoms with Crippen LogP contribution in [0.1, 0.15) is 37.8 Å². The second-order valence-corrected chi connectivity index (χ2v) is 5.02. The average molecular weight is 234 g/mol. The molecule has 0 aromatic carbocycles. The molecule has 1 aliphatic rings. The lowest BCUT2D eigenvalue weighted by molar-refractivity contribution is 0.203. The summed E-state index contributed by atoms with van der Waals surface area (Å²) in [6, 6.07) is 4.48. The Balaban J connectivity index is 2.04. The van der Waals surface area contributed by atoms with E-state index in [1.807, 2.05) is 19.2 Å². The van der Waals surface area contributed by atoms with Crippen molar-refractivity contribution in [2.24, 2.45) is 5.92 Å². The average Bonchev–Trinajstić information content (AvgIpc) is 2.54. The smallest absolute Gasteiger partial charge is 0.0478 e. The van der Waals surface area contributed by atoms with Gasteiger partial charge in [0.15, 0.2) is 0 Å². The fourth-order valence-corrected chi connectivity index (χ4v) is 2.64. The fourth-order valence-electron chi connectivity index (χ4n) is 2.64. The van der Waals surface area contributed by atoms with Crippen LogP contribution in [0.5, 0.6) is 0 Å². The van der Waals surface area contributed by atoms with E-state index in [9.17, 15) is 5.11 Å². The lowest BCUT2D eigenvalue weighted by Crippen LogP contribution is -2.30. The standard InChI is InChI=1S/C14H22N2O/c1-11-9-13(7-8-15-11)16-14-6-4-2-3-5-12(14)10-17/h7-9,12,14,17H,2-6,10H2,1H3,(H,15,16). The number of anilines is 1. The highest BCUT2D eigenvalue weighted by molar-refractivity contribution is 5.44. The maximum Gasteiger partial charge on any atom is 0.0478 e. The summed E-state index contributed by atoms with van der Waals surface area (Å²) in [6.45, 7) is 2.30. The Morgan fingerprint density at radius 2 is 2.18 bits per heavy atom. The van der Waals surface area contributed by atoms with E-state index in [4.69, 9.17) is 0 Å². The Hall–Kier alpha value is -1.09. The molecule has 17 heavy (non-hydrogen) atoms. The van der Waals surface area contributed by atoms with Gasteiger partial charge in [0, 0.05) is 36.1 Å². The lowest BCUT2D eigenvalue weighted by atomic mass is 9.95. The van der Waals surface area contributed by atoms with E-state index >= 15 is 0 Å². The summed E-state index contributed by atoms with van der Waals surface area (Å²) in [5.41, 5.74) is 2.16. The molecule has 1 heterocycles. The molecule has 94 valence electrons. The third kappa shape index (κ3) is 3.43. The summed E-state index contributed by atoms with van der Waals surface area (Å²) in [5.74, 6) is 0.394. The Morgan fingerprint density at radius 3 is 2.94 bits per heavy atom. The van der Waals surface area contributed by atoms with Crippen LogP contribution in [0.4, 0.5) is 5.69 Å². The number of nitrogens with one attached hydrogen (secondary N) is 1. The Labute approximate surface area is 103 Å². The molecule has 1 aliphatic carbocycles. The van der Waals surface area contributed by atoms with Crippen LogP contribution < -0.4 is 5.32 Å². The first-order valence-electron chi connectivity index (χ1n) is 6.59. The molecule has 1 fully saturated rings. The minimum atomic E-state index is 0.293. The van der Waals surface area contributed by atoms with Crippen molar-refractivity contribution >= 4 is 5.69 Å². The number of aromatic nitrogens is 1. The molecular formula is C14H22N2O. The van der Waals surface area contributed by atoms with Gasteiger partial charge in [-0.25, -0.2) is 0 Å². The lowest BCUT2D eigenvalue weighted by Gasteiger charge is -2.25. The SMILES string of the molecule is Cc1cc(NC2CCCCCC2CO)ccn1. The number of aliphatic hydroxyl groups excluding tert-OH is 1. The van der Waals surface area contributed by atoms with Gasteiger partial charge in [-0.05, 0) is 31.9 Å². The molecule has 0 bridgehead atoms. The number of nitrogens with zero attached hydrogens (tertiary/aromatic N) is 1. The normalized spacial score (nSPS) is 25.3. The first-order valence-corrected chi connectivity index (χ1v) is 6.59. The van der Waals surface area contributed by atoms with E-state index in [0.717, 1.165) is 24.2 Å². The summed E-state index contributed by atoms with van der Waals surface area (Å²) in [7, 11) is 0. The zero-order valence-corrected chi connectivity index (χ0v) is 10.5. The molecule has 0 amide bonds. The maximum absolute atomic E-state index is 9.47. The fraction of sp³-hybridized carbons (Fsp3) is 0.643. The first kappa shape index (κ1) is 12.4. The van der Waals surface area contributed by atoms with Crippen LogP contribution in [0, 0.1) is 12.8 Å². The Morgan fingerprint density at radius 1 is 1.35 bits per heavy atom. The van der Waals surface area contributed by atoms with Crippen LogP contribution in [-0.2, 0) is 0 Å². The number of hydrogen-bond donors (Lipinski definition) is 2. The molecule has 2 rings (SSSR count). The molecule has 2 unspecified atom stereocenters. The van der Waals surface area contributed by atoms with Crippen molar-refractivity contribution in [3.8, 4) is 0 Å². The van der Waals surface area contributed by atoms with Gasteiger partial charge in [0.05, 0.1) is 0 Å². The molecule has 1 saturated carbocycles. The third-order valence-electron chi connectivity index (χ3n) is 3.64. The number of pyridine rings is 1. The topological polar surface area (TPSA) is 45.1 Å². The first-order chi connectivity index (χ1) is 8.29. The molecule has 1 aromatic rings. The molecule has 0 aliphatic heterocycles. The molecule has 0 radical (unpaired) electrons. The number of aryl methyl sites for hydroxylation is 1. The largest absolute Gasteiger partial charge is 0.396 e. The molecular weight excluding hydrogens is 212 g/mol. The monoisotopic (exact) mass is 234 g/mol. The quantitative estimate of drug-likeness (QED) is 0.790. The van der Waals surface area contributed by atoms with Gasteiger partial charge in [-0.15, -0.1) is 0 Å². The van der Waals surface area contributed by atoms with E-state index in [1.54, 1.807) is 0 Å². The molecule has 0 saturated heterocycles. The molecule has 3 nitrogen and oxygen atoms in total. The predicted molar refractivity (Wildman–Crippen MR) is 70.0 cm³/mol. The summed E-state index contributed by atoms with van der Waals surface area (Å²) in [6.07, 6.45) is 7.94. The summed E-state index contributed by atoms with van der Waals surface area (Å²) in [5, 5.41) is 13.0. The van der Waals surface area contributed by atoms with Crippen molar-refractivity contribution in [2.45, 2.75) is 45.1 Å². The van der Waals surface area contributed by atoms with E-state index in [2.05, 4.69) is 16.4 Å². The predicted octanol–water partition coefficient (Wildman–Crippen LogP) is 2.74. The van der Waals surface area contributed by atoms with Crippen LogP contribution in [0.15, 0.2) is 18.3 Å². The Kier molecular flexibility index (Phi) is 4.37. The third-order valence-corrected chi connectivity index (χ3v) is 3.64. The molecule has 2 atom stereocenters. The number of aliphatic hydroxyl groups is 1. The van der Waals surface area contributed by atoms with Gasteiger partial charge in [-0.2, -0.15) is 0 Å². The van der Waals surface area contributed by atoms with Gasteiger partial charge in [0.1, 0.15) is 0 Å². The Bertz CT molecular complexity index is 354.